The van der Waals surface area contributed by atoms with E-state index in [1.54, 1.807) is 12.1 Å². The number of sulfonamides is 1. The summed E-state index contributed by atoms with van der Waals surface area (Å²) in [4.78, 5) is 11.5. The standard InChI is InChI=1S/C13H11NO3S3/c15-13(2-1-11-3-6-18-9-11)14-20(16,17)8-5-12-4-7-19-10-12/h1-10H,(H,14,15). The Kier molecular flexibility index (Phi) is 4.89. The van der Waals surface area contributed by atoms with Gasteiger partial charge in [-0.3, -0.25) is 4.79 Å². The lowest BCUT2D eigenvalue weighted by atomic mass is 10.3. The Hall–Kier alpha value is -1.70. The maximum atomic E-state index is 11.7. The van der Waals surface area contributed by atoms with E-state index in [1.807, 2.05) is 32.3 Å². The highest BCUT2D eigenvalue weighted by molar-refractivity contribution is 7.93. The van der Waals surface area contributed by atoms with E-state index in [4.69, 9.17) is 0 Å². The van der Waals surface area contributed by atoms with E-state index >= 15 is 0 Å². The zero-order valence-electron chi connectivity index (χ0n) is 10.2. The fraction of sp³-hybridized carbons (Fsp3) is 0. The monoisotopic (exact) mass is 325 g/mol. The molecule has 2 rings (SSSR count). The summed E-state index contributed by atoms with van der Waals surface area (Å²) in [6.07, 6.45) is 4.19. The van der Waals surface area contributed by atoms with Crippen molar-refractivity contribution in [3.63, 3.8) is 0 Å². The van der Waals surface area contributed by atoms with Gasteiger partial charge in [-0.25, -0.2) is 13.1 Å². The largest absolute Gasteiger partial charge is 0.269 e. The van der Waals surface area contributed by atoms with Crippen molar-refractivity contribution in [2.24, 2.45) is 0 Å². The normalized spacial score (nSPS) is 12.2. The molecule has 0 bridgehead atoms. The van der Waals surface area contributed by atoms with Gasteiger partial charge in [0.2, 0.25) is 0 Å². The van der Waals surface area contributed by atoms with Crippen LogP contribution < -0.4 is 4.72 Å². The summed E-state index contributed by atoms with van der Waals surface area (Å²) in [5, 5.41) is 8.36. The van der Waals surface area contributed by atoms with Crippen molar-refractivity contribution in [3.05, 3.63) is 56.3 Å². The molecular weight excluding hydrogens is 314 g/mol. The number of carbonyl (C=O) groups excluding carboxylic acids is 1. The van der Waals surface area contributed by atoms with Gasteiger partial charge in [-0.05, 0) is 56.9 Å². The van der Waals surface area contributed by atoms with E-state index in [0.29, 0.717) is 0 Å². The molecule has 2 aromatic heterocycles. The van der Waals surface area contributed by atoms with E-state index in [1.165, 1.54) is 34.8 Å². The lowest BCUT2D eigenvalue weighted by molar-refractivity contribution is -0.114. The summed E-state index contributed by atoms with van der Waals surface area (Å²) in [6, 6.07) is 3.62. The van der Waals surface area contributed by atoms with Crippen LogP contribution in [0.15, 0.2) is 45.1 Å². The van der Waals surface area contributed by atoms with Crippen LogP contribution in [0.25, 0.3) is 12.2 Å². The number of nitrogens with one attached hydrogen (secondary N) is 1. The van der Waals surface area contributed by atoms with Crippen LogP contribution in [0.4, 0.5) is 0 Å². The van der Waals surface area contributed by atoms with Crippen molar-refractivity contribution in [2.45, 2.75) is 0 Å². The zero-order chi connectivity index (χ0) is 14.4. The number of hydrogen-bond donors (Lipinski definition) is 1. The van der Waals surface area contributed by atoms with E-state index in [0.717, 1.165) is 16.5 Å². The van der Waals surface area contributed by atoms with Gasteiger partial charge in [0.05, 0.1) is 5.41 Å². The van der Waals surface area contributed by atoms with Gasteiger partial charge >= 0.3 is 0 Å². The number of hydrogen-bond acceptors (Lipinski definition) is 5. The summed E-state index contributed by atoms with van der Waals surface area (Å²) in [5.41, 5.74) is 1.64. The second-order valence-electron chi connectivity index (χ2n) is 3.76. The van der Waals surface area contributed by atoms with Crippen LogP contribution >= 0.6 is 22.7 Å². The van der Waals surface area contributed by atoms with Gasteiger partial charge in [0.25, 0.3) is 15.9 Å². The highest BCUT2D eigenvalue weighted by atomic mass is 32.2. The molecule has 0 atom stereocenters. The van der Waals surface area contributed by atoms with E-state index < -0.39 is 15.9 Å². The smallest absolute Gasteiger partial charge is 0.257 e. The third-order valence-corrected chi connectivity index (χ3v) is 4.58. The quantitative estimate of drug-likeness (QED) is 0.860. The van der Waals surface area contributed by atoms with Crippen LogP contribution in [0.5, 0.6) is 0 Å². The Morgan fingerprint density at radius 1 is 1.05 bits per heavy atom. The van der Waals surface area contributed by atoms with Gasteiger partial charge < -0.3 is 0 Å². The third kappa shape index (κ3) is 4.76. The first-order valence-corrected chi connectivity index (χ1v) is 8.96. The molecule has 0 aliphatic heterocycles. The average Bonchev–Trinajstić information content (AvgIpc) is 3.07. The first kappa shape index (κ1) is 14.7. The van der Waals surface area contributed by atoms with Crippen LogP contribution in [-0.2, 0) is 14.8 Å². The molecule has 4 nitrogen and oxygen atoms in total. The molecule has 0 aliphatic rings. The van der Waals surface area contributed by atoms with Crippen LogP contribution in [-0.4, -0.2) is 14.3 Å². The predicted molar refractivity (Wildman–Crippen MR) is 83.8 cm³/mol. The summed E-state index contributed by atoms with van der Waals surface area (Å²) in [7, 11) is -3.77. The van der Waals surface area contributed by atoms with Crippen molar-refractivity contribution in [2.75, 3.05) is 0 Å². The molecule has 0 spiro atoms. The lowest BCUT2D eigenvalue weighted by Crippen LogP contribution is -2.26. The van der Waals surface area contributed by atoms with Gasteiger partial charge in [0, 0.05) is 6.08 Å². The second kappa shape index (κ2) is 6.65. The van der Waals surface area contributed by atoms with Gasteiger partial charge in [0.15, 0.2) is 0 Å². The van der Waals surface area contributed by atoms with Crippen LogP contribution in [0.2, 0.25) is 0 Å². The van der Waals surface area contributed by atoms with Crippen LogP contribution in [0, 0.1) is 0 Å². The van der Waals surface area contributed by atoms with Gasteiger partial charge in [0.1, 0.15) is 0 Å². The minimum absolute atomic E-state index is 0.675. The van der Waals surface area contributed by atoms with Crippen molar-refractivity contribution >= 4 is 50.8 Å². The fourth-order valence-corrected chi connectivity index (χ4v) is 3.30. The first-order valence-electron chi connectivity index (χ1n) is 5.52. The highest BCUT2D eigenvalue weighted by Gasteiger charge is 2.08. The van der Waals surface area contributed by atoms with Crippen LogP contribution in [0.3, 0.4) is 0 Å². The van der Waals surface area contributed by atoms with Crippen molar-refractivity contribution in [1.82, 2.24) is 4.72 Å². The lowest BCUT2D eigenvalue weighted by Gasteiger charge is -1.98. The fourth-order valence-electron chi connectivity index (χ4n) is 1.29. The van der Waals surface area contributed by atoms with E-state index in [2.05, 4.69) is 0 Å². The highest BCUT2D eigenvalue weighted by Crippen LogP contribution is 2.09. The van der Waals surface area contributed by atoms with Crippen molar-refractivity contribution in [1.29, 1.82) is 0 Å². The SMILES string of the molecule is O=C(C=Cc1ccsc1)NS(=O)(=O)C=Cc1ccsc1. The Bertz CT molecular complexity index is 711. The van der Waals surface area contributed by atoms with Gasteiger partial charge in [-0.1, -0.05) is 0 Å². The van der Waals surface area contributed by atoms with Crippen molar-refractivity contribution < 1.29 is 13.2 Å². The molecular formula is C13H11NO3S3. The average molecular weight is 325 g/mol. The summed E-state index contributed by atoms with van der Waals surface area (Å²) in [5.74, 6) is -0.675. The second-order valence-corrected chi connectivity index (χ2v) is 6.89. The van der Waals surface area contributed by atoms with Gasteiger partial charge in [-0.15, -0.1) is 0 Å². The summed E-state index contributed by atoms with van der Waals surface area (Å²) >= 11 is 2.97. The molecule has 2 aromatic rings. The molecule has 7 heteroatoms. The Morgan fingerprint density at radius 3 is 2.20 bits per heavy atom. The molecule has 104 valence electrons. The predicted octanol–water partition coefficient (Wildman–Crippen LogP) is 2.94. The summed E-state index contributed by atoms with van der Waals surface area (Å²) < 4.78 is 25.2. The molecule has 0 saturated heterocycles. The van der Waals surface area contributed by atoms with E-state index in [9.17, 15) is 13.2 Å². The Balaban J connectivity index is 1.96. The Labute approximate surface area is 125 Å². The third-order valence-electron chi connectivity index (χ3n) is 2.20. The molecule has 1 amide bonds. The molecule has 0 unspecified atom stereocenters. The maximum Gasteiger partial charge on any atom is 0.257 e. The molecule has 0 aliphatic carbocycles. The number of carbonyl (C=O) groups is 1. The van der Waals surface area contributed by atoms with Crippen molar-refractivity contribution in [3.8, 4) is 0 Å². The molecule has 0 radical (unpaired) electrons. The molecule has 0 saturated carbocycles. The summed E-state index contributed by atoms with van der Waals surface area (Å²) in [6.45, 7) is 0. The first-order chi connectivity index (χ1) is 9.55. The zero-order valence-corrected chi connectivity index (χ0v) is 12.7. The Morgan fingerprint density at radius 2 is 1.65 bits per heavy atom. The minimum Gasteiger partial charge on any atom is -0.269 e. The minimum atomic E-state index is -3.77. The van der Waals surface area contributed by atoms with Gasteiger partial charge in [-0.2, -0.15) is 22.7 Å². The molecule has 2 heterocycles. The number of rotatable bonds is 5. The number of thiophene rings is 2. The topological polar surface area (TPSA) is 63.2 Å². The molecule has 0 fully saturated rings. The molecule has 20 heavy (non-hydrogen) atoms. The number of amides is 1. The maximum absolute atomic E-state index is 11.7. The van der Waals surface area contributed by atoms with Crippen LogP contribution in [0.1, 0.15) is 11.1 Å². The van der Waals surface area contributed by atoms with E-state index in [-0.39, 0.29) is 0 Å². The molecule has 0 aromatic carbocycles. The molecule has 1 N–H and O–H groups in total.